The summed E-state index contributed by atoms with van der Waals surface area (Å²) in [4.78, 5) is 41.1. The van der Waals surface area contributed by atoms with Gasteiger partial charge < -0.3 is 24.3 Å². The summed E-state index contributed by atoms with van der Waals surface area (Å²) < 4.78 is 40.1. The number of carbonyl (C=O) groups excluding carboxylic acids is 2. The van der Waals surface area contributed by atoms with Gasteiger partial charge in [-0.1, -0.05) is 19.4 Å². The lowest BCUT2D eigenvalue weighted by Gasteiger charge is -2.44. The van der Waals surface area contributed by atoms with Crippen molar-refractivity contribution in [3.05, 3.63) is 63.1 Å². The van der Waals surface area contributed by atoms with Gasteiger partial charge in [0.05, 0.1) is 19.8 Å². The van der Waals surface area contributed by atoms with Gasteiger partial charge in [-0.3, -0.25) is 14.4 Å². The van der Waals surface area contributed by atoms with Crippen molar-refractivity contribution in [2.24, 2.45) is 0 Å². The van der Waals surface area contributed by atoms with Crippen LogP contribution in [0.5, 0.6) is 5.75 Å². The lowest BCUT2D eigenvalue weighted by molar-refractivity contribution is -0.112. The summed E-state index contributed by atoms with van der Waals surface area (Å²) in [6, 6.07) is 2.96. The molecule has 2 atom stereocenters. The molecule has 1 aromatic heterocycles. The molecule has 0 saturated carbocycles. The number of hydrogen-bond donors (Lipinski definition) is 1. The number of nitrogens with one attached hydrogen (secondary N) is 1. The van der Waals surface area contributed by atoms with Gasteiger partial charge in [-0.2, -0.15) is 0 Å². The number of amides is 2. The second-order valence-corrected chi connectivity index (χ2v) is 8.50. The highest BCUT2D eigenvalue weighted by atomic mass is 19.1. The maximum Gasteiger partial charge on any atom is 0.276 e. The van der Waals surface area contributed by atoms with Crippen molar-refractivity contribution < 1.29 is 27.8 Å². The summed E-state index contributed by atoms with van der Waals surface area (Å²) >= 11 is 0. The number of ether oxygens (including phenoxy) is 2. The molecule has 2 aliphatic rings. The van der Waals surface area contributed by atoms with Gasteiger partial charge in [0.1, 0.15) is 17.2 Å². The first-order valence-corrected chi connectivity index (χ1v) is 11.4. The molecule has 0 bridgehead atoms. The molecule has 8 nitrogen and oxygen atoms in total. The zero-order valence-electron chi connectivity index (χ0n) is 19.1. The van der Waals surface area contributed by atoms with E-state index in [9.17, 15) is 23.2 Å². The van der Waals surface area contributed by atoms with Crippen molar-refractivity contribution in [3.63, 3.8) is 0 Å². The third-order valence-corrected chi connectivity index (χ3v) is 6.10. The summed E-state index contributed by atoms with van der Waals surface area (Å²) in [7, 11) is 0. The first kappa shape index (κ1) is 23.9. The number of aromatic nitrogens is 1. The summed E-state index contributed by atoms with van der Waals surface area (Å²) in [6.07, 6.45) is 2.97. The fourth-order valence-electron chi connectivity index (χ4n) is 4.19. The first-order valence-electron chi connectivity index (χ1n) is 11.4. The molecule has 1 saturated heterocycles. The SMILES string of the molecule is CCCCOc1c2n(cc(C(=O)NCc3ccc(F)cc3F)c1=O)CC1OCC[C@H](C)N1C2=O. The van der Waals surface area contributed by atoms with E-state index >= 15 is 0 Å². The van der Waals surface area contributed by atoms with Crippen LogP contribution in [0.15, 0.2) is 29.2 Å². The third kappa shape index (κ3) is 4.54. The van der Waals surface area contributed by atoms with E-state index in [-0.39, 0.29) is 54.2 Å². The minimum Gasteiger partial charge on any atom is -0.487 e. The minimum atomic E-state index is -0.805. The number of fused-ring (bicyclic) bond motifs is 2. The monoisotopic (exact) mass is 475 g/mol. The van der Waals surface area contributed by atoms with Gasteiger partial charge in [-0.25, -0.2) is 8.78 Å². The van der Waals surface area contributed by atoms with Gasteiger partial charge in [-0.15, -0.1) is 0 Å². The smallest absolute Gasteiger partial charge is 0.276 e. The topological polar surface area (TPSA) is 89.9 Å². The number of pyridine rings is 1. The van der Waals surface area contributed by atoms with Crippen molar-refractivity contribution in [1.29, 1.82) is 0 Å². The molecule has 2 amide bonds. The third-order valence-electron chi connectivity index (χ3n) is 6.10. The van der Waals surface area contributed by atoms with E-state index in [2.05, 4.69) is 5.32 Å². The van der Waals surface area contributed by atoms with Crippen LogP contribution in [0.2, 0.25) is 0 Å². The standard InChI is InChI=1S/C24H27F2N3O5/c1-3-4-8-34-22-20-24(32)29-14(2)7-9-33-19(29)13-28(20)12-17(21(22)30)23(31)27-11-15-5-6-16(25)10-18(15)26/h5-6,10,12,14,19H,3-4,7-9,11,13H2,1-2H3,(H,27,31)/t14-,19?/m0/s1. The Bertz CT molecular complexity index is 1170. The Morgan fingerprint density at radius 1 is 1.29 bits per heavy atom. The fourth-order valence-corrected chi connectivity index (χ4v) is 4.19. The molecule has 10 heteroatoms. The van der Waals surface area contributed by atoms with Crippen LogP contribution in [-0.2, 0) is 17.8 Å². The van der Waals surface area contributed by atoms with E-state index < -0.39 is 29.2 Å². The predicted molar refractivity (Wildman–Crippen MR) is 119 cm³/mol. The molecule has 1 fully saturated rings. The molecule has 0 spiro atoms. The normalized spacial score (nSPS) is 19.4. The second kappa shape index (κ2) is 9.92. The van der Waals surface area contributed by atoms with Crippen LogP contribution < -0.4 is 15.5 Å². The zero-order valence-corrected chi connectivity index (χ0v) is 19.1. The average Bonchev–Trinajstić information content (AvgIpc) is 2.79. The van der Waals surface area contributed by atoms with Crippen molar-refractivity contribution in [2.45, 2.75) is 58.5 Å². The van der Waals surface area contributed by atoms with Crippen LogP contribution in [0.1, 0.15) is 59.5 Å². The molecule has 1 unspecified atom stereocenters. The Morgan fingerprint density at radius 2 is 2.09 bits per heavy atom. The Labute approximate surface area is 195 Å². The number of nitrogens with zero attached hydrogens (tertiary/aromatic N) is 2. The van der Waals surface area contributed by atoms with E-state index in [0.717, 1.165) is 18.6 Å². The first-order chi connectivity index (χ1) is 16.3. The number of carbonyl (C=O) groups is 2. The van der Waals surface area contributed by atoms with Crippen LogP contribution in [0.25, 0.3) is 0 Å². The highest BCUT2D eigenvalue weighted by molar-refractivity contribution is 5.99. The maximum absolute atomic E-state index is 13.9. The number of rotatable bonds is 7. The predicted octanol–water partition coefficient (Wildman–Crippen LogP) is 2.83. The summed E-state index contributed by atoms with van der Waals surface area (Å²) in [5.41, 5.74) is -0.779. The van der Waals surface area contributed by atoms with Gasteiger partial charge in [0, 0.05) is 30.4 Å². The van der Waals surface area contributed by atoms with Crippen LogP contribution in [0.4, 0.5) is 8.78 Å². The molecular formula is C24H27F2N3O5. The molecule has 1 N–H and O–H groups in total. The molecule has 1 aromatic carbocycles. The van der Waals surface area contributed by atoms with Crippen LogP contribution in [0, 0.1) is 11.6 Å². The lowest BCUT2D eigenvalue weighted by Crippen LogP contribution is -2.57. The second-order valence-electron chi connectivity index (χ2n) is 8.50. The van der Waals surface area contributed by atoms with Gasteiger partial charge in [0.15, 0.2) is 17.7 Å². The lowest BCUT2D eigenvalue weighted by atomic mass is 10.1. The van der Waals surface area contributed by atoms with E-state index in [0.29, 0.717) is 19.4 Å². The Balaban J connectivity index is 1.68. The molecule has 34 heavy (non-hydrogen) atoms. The van der Waals surface area contributed by atoms with Gasteiger partial charge >= 0.3 is 0 Å². The van der Waals surface area contributed by atoms with Crippen LogP contribution >= 0.6 is 0 Å². The summed E-state index contributed by atoms with van der Waals surface area (Å²) in [5.74, 6) is -2.84. The van der Waals surface area contributed by atoms with E-state index in [1.165, 1.54) is 16.8 Å². The average molecular weight is 475 g/mol. The van der Waals surface area contributed by atoms with E-state index in [4.69, 9.17) is 9.47 Å². The Morgan fingerprint density at radius 3 is 2.82 bits per heavy atom. The fraction of sp³-hybridized carbons (Fsp3) is 0.458. The molecular weight excluding hydrogens is 448 g/mol. The highest BCUT2D eigenvalue weighted by Crippen LogP contribution is 2.30. The molecule has 0 aliphatic carbocycles. The molecule has 0 radical (unpaired) electrons. The summed E-state index contributed by atoms with van der Waals surface area (Å²) in [6.45, 7) is 4.60. The van der Waals surface area contributed by atoms with Crippen molar-refractivity contribution in [3.8, 4) is 5.75 Å². The molecule has 2 aromatic rings. The number of benzene rings is 1. The van der Waals surface area contributed by atoms with E-state index in [1.807, 2.05) is 13.8 Å². The Hall–Kier alpha value is -3.27. The molecule has 2 aliphatic heterocycles. The minimum absolute atomic E-state index is 0.0628. The van der Waals surface area contributed by atoms with Gasteiger partial charge in [0.2, 0.25) is 5.43 Å². The van der Waals surface area contributed by atoms with Crippen molar-refractivity contribution in [1.82, 2.24) is 14.8 Å². The summed E-state index contributed by atoms with van der Waals surface area (Å²) in [5, 5.41) is 2.50. The van der Waals surface area contributed by atoms with Crippen molar-refractivity contribution in [2.75, 3.05) is 13.2 Å². The quantitative estimate of drug-likeness (QED) is 0.622. The van der Waals surface area contributed by atoms with Crippen LogP contribution in [0.3, 0.4) is 0 Å². The molecule has 182 valence electrons. The maximum atomic E-state index is 13.9. The number of hydrogen-bond acceptors (Lipinski definition) is 5. The van der Waals surface area contributed by atoms with Crippen molar-refractivity contribution >= 4 is 11.8 Å². The largest absolute Gasteiger partial charge is 0.487 e. The van der Waals surface area contributed by atoms with E-state index in [1.54, 1.807) is 4.90 Å². The van der Waals surface area contributed by atoms with Gasteiger partial charge in [-0.05, 0) is 25.8 Å². The highest BCUT2D eigenvalue weighted by Gasteiger charge is 2.41. The number of halogens is 2. The zero-order chi connectivity index (χ0) is 24.4. The molecule has 4 rings (SSSR count). The van der Waals surface area contributed by atoms with Gasteiger partial charge in [0.25, 0.3) is 11.8 Å². The number of unbranched alkanes of at least 4 members (excludes halogenated alkanes) is 1. The molecule has 3 heterocycles. The Kier molecular flexibility index (Phi) is 6.97. The van der Waals surface area contributed by atoms with Crippen LogP contribution in [-0.4, -0.2) is 46.8 Å².